The van der Waals surface area contributed by atoms with Crippen molar-refractivity contribution in [2.75, 3.05) is 42.7 Å². The van der Waals surface area contributed by atoms with E-state index in [-0.39, 0.29) is 11.6 Å². The minimum atomic E-state index is -0.301. The molecule has 2 aliphatic heterocycles. The summed E-state index contributed by atoms with van der Waals surface area (Å²) in [6.07, 6.45) is 0.940. The van der Waals surface area contributed by atoms with E-state index in [1.54, 1.807) is 0 Å². The number of ether oxygens (including phenoxy) is 2. The van der Waals surface area contributed by atoms with Gasteiger partial charge in [-0.1, -0.05) is 0 Å². The first kappa shape index (κ1) is 14.7. The van der Waals surface area contributed by atoms with E-state index in [2.05, 4.69) is 4.90 Å². The van der Waals surface area contributed by atoms with Crippen LogP contribution < -0.4 is 4.90 Å². The fourth-order valence-corrected chi connectivity index (χ4v) is 4.00. The van der Waals surface area contributed by atoms with Gasteiger partial charge in [0, 0.05) is 24.5 Å². The van der Waals surface area contributed by atoms with Gasteiger partial charge >= 0.3 is 5.97 Å². The zero-order chi connectivity index (χ0) is 14.7. The molecule has 0 bridgehead atoms. The molecule has 1 unspecified atom stereocenters. The van der Waals surface area contributed by atoms with Crippen LogP contribution in [0.15, 0.2) is 24.3 Å². The highest BCUT2D eigenvalue weighted by molar-refractivity contribution is 7.99. The summed E-state index contributed by atoms with van der Waals surface area (Å²) < 4.78 is 11.0. The Balaban J connectivity index is 1.64. The first-order valence-electron chi connectivity index (χ1n) is 7.40. The Morgan fingerprint density at radius 2 is 2.00 bits per heavy atom. The van der Waals surface area contributed by atoms with Gasteiger partial charge in [0.1, 0.15) is 5.60 Å². The number of anilines is 1. The number of nitrogens with zero attached hydrogens (tertiary/aromatic N) is 1. The Morgan fingerprint density at radius 1 is 1.29 bits per heavy atom. The Morgan fingerprint density at radius 3 is 2.62 bits per heavy atom. The maximum Gasteiger partial charge on any atom is 0.338 e. The molecule has 21 heavy (non-hydrogen) atoms. The van der Waals surface area contributed by atoms with Gasteiger partial charge in [-0.3, -0.25) is 0 Å². The van der Waals surface area contributed by atoms with Crippen molar-refractivity contribution in [3.8, 4) is 0 Å². The summed E-state index contributed by atoms with van der Waals surface area (Å²) in [5.41, 5.74) is 1.47. The summed E-state index contributed by atoms with van der Waals surface area (Å²) in [7, 11) is 0. The van der Waals surface area contributed by atoms with E-state index in [1.807, 2.05) is 43.0 Å². The molecule has 0 aromatic heterocycles. The first-order valence-corrected chi connectivity index (χ1v) is 8.56. The molecule has 0 radical (unpaired) electrons. The number of hydrogen-bond acceptors (Lipinski definition) is 5. The fraction of sp³-hybridized carbons (Fsp3) is 0.562. The van der Waals surface area contributed by atoms with Gasteiger partial charge < -0.3 is 14.4 Å². The predicted octanol–water partition coefficient (Wildman–Crippen LogP) is 2.58. The van der Waals surface area contributed by atoms with E-state index in [1.165, 1.54) is 0 Å². The molecule has 0 N–H and O–H groups in total. The highest BCUT2D eigenvalue weighted by atomic mass is 32.2. The summed E-state index contributed by atoms with van der Waals surface area (Å²) in [6.45, 7) is 5.35. The molecule has 2 heterocycles. The van der Waals surface area contributed by atoms with E-state index in [9.17, 15) is 4.79 Å². The van der Waals surface area contributed by atoms with Crippen LogP contribution in [0.2, 0.25) is 0 Å². The lowest BCUT2D eigenvalue weighted by Crippen LogP contribution is -2.36. The van der Waals surface area contributed by atoms with Gasteiger partial charge in [-0.2, -0.15) is 11.8 Å². The van der Waals surface area contributed by atoms with E-state index in [0.717, 1.165) is 49.9 Å². The van der Waals surface area contributed by atoms with Gasteiger partial charge in [0.25, 0.3) is 0 Å². The van der Waals surface area contributed by atoms with E-state index < -0.39 is 0 Å². The second-order valence-corrected chi connectivity index (χ2v) is 6.89. The second kappa shape index (κ2) is 6.28. The van der Waals surface area contributed by atoms with Crippen LogP contribution >= 0.6 is 11.8 Å². The number of benzene rings is 1. The topological polar surface area (TPSA) is 38.8 Å². The number of rotatable bonds is 3. The molecule has 3 rings (SSSR count). The van der Waals surface area contributed by atoms with Crippen molar-refractivity contribution in [2.24, 2.45) is 0 Å². The number of carbonyl (C=O) groups is 1. The number of carbonyl (C=O) groups excluding carboxylic acids is 1. The van der Waals surface area contributed by atoms with Crippen molar-refractivity contribution in [3.63, 3.8) is 0 Å². The van der Waals surface area contributed by atoms with E-state index in [4.69, 9.17) is 9.47 Å². The maximum absolute atomic E-state index is 12.2. The zero-order valence-electron chi connectivity index (χ0n) is 12.3. The maximum atomic E-state index is 12.2. The Kier molecular flexibility index (Phi) is 4.40. The van der Waals surface area contributed by atoms with Crippen molar-refractivity contribution >= 4 is 23.4 Å². The zero-order valence-corrected chi connectivity index (χ0v) is 13.2. The monoisotopic (exact) mass is 307 g/mol. The quantitative estimate of drug-likeness (QED) is 0.803. The van der Waals surface area contributed by atoms with Gasteiger partial charge in [0.15, 0.2) is 0 Å². The average molecular weight is 307 g/mol. The number of thioether (sulfide) groups is 1. The molecule has 0 spiro atoms. The van der Waals surface area contributed by atoms with Crippen LogP contribution in [0.25, 0.3) is 0 Å². The van der Waals surface area contributed by atoms with Crippen molar-refractivity contribution in [1.82, 2.24) is 0 Å². The molecule has 1 aromatic rings. The molecule has 1 atom stereocenters. The summed E-state index contributed by atoms with van der Waals surface area (Å²) >= 11 is 1.84. The smallest absolute Gasteiger partial charge is 0.338 e. The SMILES string of the molecule is CC1(OC(=O)c2ccc(N3CCOCC3)cc2)CCSC1. The first-order chi connectivity index (χ1) is 10.2. The highest BCUT2D eigenvalue weighted by Crippen LogP contribution is 2.31. The molecule has 0 aliphatic carbocycles. The Labute approximate surface area is 129 Å². The van der Waals surface area contributed by atoms with Gasteiger partial charge in [0.2, 0.25) is 0 Å². The van der Waals surface area contributed by atoms with Gasteiger partial charge in [0.05, 0.1) is 18.8 Å². The largest absolute Gasteiger partial charge is 0.455 e. The highest BCUT2D eigenvalue weighted by Gasteiger charge is 2.33. The van der Waals surface area contributed by atoms with Crippen LogP contribution in [0.5, 0.6) is 0 Å². The van der Waals surface area contributed by atoms with Crippen LogP contribution in [-0.4, -0.2) is 49.4 Å². The number of hydrogen-bond donors (Lipinski definition) is 0. The Bertz CT molecular complexity index is 491. The second-order valence-electron chi connectivity index (χ2n) is 5.79. The van der Waals surface area contributed by atoms with Crippen LogP contribution in [0.1, 0.15) is 23.7 Å². The molecular formula is C16H21NO3S. The average Bonchev–Trinajstić information content (AvgIpc) is 2.94. The van der Waals surface area contributed by atoms with Gasteiger partial charge in [-0.25, -0.2) is 4.79 Å². The number of esters is 1. The van der Waals surface area contributed by atoms with Crippen LogP contribution in [0.3, 0.4) is 0 Å². The van der Waals surface area contributed by atoms with Crippen molar-refractivity contribution in [1.29, 1.82) is 0 Å². The van der Waals surface area contributed by atoms with Crippen molar-refractivity contribution < 1.29 is 14.3 Å². The summed E-state index contributed by atoms with van der Waals surface area (Å²) in [6, 6.07) is 7.71. The minimum Gasteiger partial charge on any atom is -0.455 e. The molecule has 114 valence electrons. The number of morpholine rings is 1. The van der Waals surface area contributed by atoms with E-state index >= 15 is 0 Å². The molecule has 2 aliphatic rings. The summed E-state index contributed by atoms with van der Waals surface area (Å²) in [5, 5.41) is 0. The van der Waals surface area contributed by atoms with Crippen molar-refractivity contribution in [3.05, 3.63) is 29.8 Å². The molecular weight excluding hydrogens is 286 g/mol. The molecule has 0 saturated carbocycles. The third kappa shape index (κ3) is 3.52. The molecule has 5 heteroatoms. The van der Waals surface area contributed by atoms with Gasteiger partial charge in [-0.15, -0.1) is 0 Å². The fourth-order valence-electron chi connectivity index (χ4n) is 2.64. The summed E-state index contributed by atoms with van der Waals surface area (Å²) in [4.78, 5) is 14.5. The third-order valence-electron chi connectivity index (χ3n) is 4.00. The molecule has 2 saturated heterocycles. The van der Waals surface area contributed by atoms with Crippen LogP contribution in [0, 0.1) is 0 Å². The lowest BCUT2D eigenvalue weighted by molar-refractivity contribution is 0.00246. The Hall–Kier alpha value is -1.20. The molecule has 2 fully saturated rings. The van der Waals surface area contributed by atoms with Crippen molar-refractivity contribution in [2.45, 2.75) is 18.9 Å². The lowest BCUT2D eigenvalue weighted by Gasteiger charge is -2.29. The standard InChI is InChI=1S/C16H21NO3S/c1-16(6-11-21-12-16)20-15(18)13-2-4-14(5-3-13)17-7-9-19-10-8-17/h2-5H,6-12H2,1H3. The van der Waals surface area contributed by atoms with Crippen LogP contribution in [-0.2, 0) is 9.47 Å². The molecule has 4 nitrogen and oxygen atoms in total. The van der Waals surface area contributed by atoms with Gasteiger partial charge in [-0.05, 0) is 43.4 Å². The minimum absolute atomic E-state index is 0.214. The predicted molar refractivity (Wildman–Crippen MR) is 85.2 cm³/mol. The normalized spacial score (nSPS) is 25.9. The molecule has 1 aromatic carbocycles. The van der Waals surface area contributed by atoms with Crippen LogP contribution in [0.4, 0.5) is 5.69 Å². The molecule has 0 amide bonds. The third-order valence-corrected chi connectivity index (χ3v) is 5.31. The summed E-state index contributed by atoms with van der Waals surface area (Å²) in [5.74, 6) is 1.75. The lowest BCUT2D eigenvalue weighted by atomic mass is 10.1. The van der Waals surface area contributed by atoms with E-state index in [0.29, 0.717) is 5.56 Å².